The van der Waals surface area contributed by atoms with Gasteiger partial charge >= 0.3 is 6.36 Å². The van der Waals surface area contributed by atoms with Gasteiger partial charge in [-0.2, -0.15) is 0 Å². The highest BCUT2D eigenvalue weighted by Crippen LogP contribution is 2.28. The summed E-state index contributed by atoms with van der Waals surface area (Å²) < 4.78 is 71.9. The molecule has 5 nitrogen and oxygen atoms in total. The van der Waals surface area contributed by atoms with Gasteiger partial charge in [0.1, 0.15) is 5.75 Å². The predicted octanol–water partition coefficient (Wildman–Crippen LogP) is 2.68. The van der Waals surface area contributed by atoms with Gasteiger partial charge < -0.3 is 9.47 Å². The number of ether oxygens (including phenoxy) is 2. The Kier molecular flexibility index (Phi) is 5.88. The van der Waals surface area contributed by atoms with E-state index < -0.39 is 22.1 Å². The van der Waals surface area contributed by atoms with Gasteiger partial charge in [0.2, 0.25) is 10.0 Å². The van der Waals surface area contributed by atoms with E-state index in [0.29, 0.717) is 25.6 Å². The summed E-state index contributed by atoms with van der Waals surface area (Å²) in [4.78, 5) is -0.279. The average Bonchev–Trinajstić information content (AvgIpc) is 3.25. The Hall–Kier alpha value is -1.32. The minimum atomic E-state index is -4.87. The van der Waals surface area contributed by atoms with E-state index >= 15 is 0 Å². The summed E-state index contributed by atoms with van der Waals surface area (Å²) in [5, 5.41) is 0. The standard InChI is InChI=1S/C14H18F3NO4S/c15-14(16,17)22-12-3-1-4-13(9-12)23(19,20)18-7-2-8-21-10-11-5-6-11/h1,3-4,9,11,18H,2,5-8,10H2. The van der Waals surface area contributed by atoms with Gasteiger partial charge in [0.25, 0.3) is 0 Å². The molecule has 1 aliphatic rings. The average molecular weight is 353 g/mol. The molecule has 0 aromatic heterocycles. The molecule has 1 aromatic carbocycles. The van der Waals surface area contributed by atoms with Crippen LogP contribution in [0.1, 0.15) is 19.3 Å². The van der Waals surface area contributed by atoms with Gasteiger partial charge in [0, 0.05) is 25.8 Å². The van der Waals surface area contributed by atoms with Crippen molar-refractivity contribution in [1.29, 1.82) is 0 Å². The van der Waals surface area contributed by atoms with Crippen LogP contribution in [0, 0.1) is 5.92 Å². The van der Waals surface area contributed by atoms with E-state index in [1.807, 2.05) is 0 Å². The number of sulfonamides is 1. The highest BCUT2D eigenvalue weighted by molar-refractivity contribution is 7.89. The molecular formula is C14H18F3NO4S. The fraction of sp³-hybridized carbons (Fsp3) is 0.571. The lowest BCUT2D eigenvalue weighted by Gasteiger charge is -2.11. The minimum Gasteiger partial charge on any atom is -0.406 e. The zero-order valence-electron chi connectivity index (χ0n) is 12.3. The van der Waals surface area contributed by atoms with E-state index in [1.54, 1.807) is 0 Å². The van der Waals surface area contributed by atoms with Gasteiger partial charge in [-0.15, -0.1) is 13.2 Å². The van der Waals surface area contributed by atoms with Gasteiger partial charge in [0.05, 0.1) is 4.90 Å². The van der Waals surface area contributed by atoms with Crippen molar-refractivity contribution in [2.45, 2.75) is 30.5 Å². The lowest BCUT2D eigenvalue weighted by molar-refractivity contribution is -0.274. The van der Waals surface area contributed by atoms with Crippen LogP contribution in [0.25, 0.3) is 0 Å². The number of alkyl halides is 3. The second kappa shape index (κ2) is 7.50. The van der Waals surface area contributed by atoms with Crippen molar-refractivity contribution in [3.63, 3.8) is 0 Å². The van der Waals surface area contributed by atoms with E-state index in [-0.39, 0.29) is 11.4 Å². The molecule has 0 amide bonds. The zero-order chi connectivity index (χ0) is 16.9. The molecule has 0 radical (unpaired) electrons. The molecule has 23 heavy (non-hydrogen) atoms. The van der Waals surface area contributed by atoms with E-state index in [1.165, 1.54) is 25.0 Å². The van der Waals surface area contributed by atoms with E-state index in [0.717, 1.165) is 12.1 Å². The molecule has 1 aromatic rings. The van der Waals surface area contributed by atoms with E-state index in [4.69, 9.17) is 4.74 Å². The van der Waals surface area contributed by atoms with Gasteiger partial charge in [0.15, 0.2) is 0 Å². The number of hydrogen-bond donors (Lipinski definition) is 1. The van der Waals surface area contributed by atoms with Crippen molar-refractivity contribution in [3.8, 4) is 5.75 Å². The second-order valence-electron chi connectivity index (χ2n) is 5.29. The fourth-order valence-corrected chi connectivity index (χ4v) is 2.95. The largest absolute Gasteiger partial charge is 0.573 e. The molecular weight excluding hydrogens is 335 g/mol. The van der Waals surface area contributed by atoms with Crippen LogP contribution in [0.3, 0.4) is 0 Å². The maximum absolute atomic E-state index is 12.2. The van der Waals surface area contributed by atoms with Crippen LogP contribution in [-0.4, -0.2) is 34.5 Å². The predicted molar refractivity (Wildman–Crippen MR) is 76.5 cm³/mol. The molecule has 1 N–H and O–H groups in total. The highest BCUT2D eigenvalue weighted by atomic mass is 32.2. The van der Waals surface area contributed by atoms with E-state index in [2.05, 4.69) is 9.46 Å². The molecule has 9 heteroatoms. The Bertz CT molecular complexity index is 615. The first-order valence-corrected chi connectivity index (χ1v) is 8.68. The van der Waals surface area contributed by atoms with Crippen LogP contribution in [-0.2, 0) is 14.8 Å². The summed E-state index contributed by atoms with van der Waals surface area (Å²) in [6.07, 6.45) is -2.01. The Labute approximate surface area is 132 Å². The first-order chi connectivity index (χ1) is 10.8. The molecule has 0 spiro atoms. The molecule has 0 aliphatic heterocycles. The number of hydrogen-bond acceptors (Lipinski definition) is 4. The molecule has 1 fully saturated rings. The number of halogens is 3. The molecule has 0 saturated heterocycles. The third-order valence-corrected chi connectivity index (χ3v) is 4.62. The third-order valence-electron chi connectivity index (χ3n) is 3.16. The van der Waals surface area contributed by atoms with Crippen LogP contribution in [0.4, 0.5) is 13.2 Å². The summed E-state index contributed by atoms with van der Waals surface area (Å²) in [6.45, 7) is 1.29. The molecule has 0 heterocycles. The summed E-state index contributed by atoms with van der Waals surface area (Å²) in [6, 6.07) is 4.27. The molecule has 130 valence electrons. The Balaban J connectivity index is 1.81. The Morgan fingerprint density at radius 3 is 2.65 bits per heavy atom. The maximum atomic E-state index is 12.2. The van der Waals surface area contributed by atoms with Crippen molar-refractivity contribution < 1.29 is 31.1 Å². The molecule has 2 rings (SSSR count). The topological polar surface area (TPSA) is 64.6 Å². The van der Waals surface area contributed by atoms with Gasteiger partial charge in [-0.3, -0.25) is 0 Å². The van der Waals surface area contributed by atoms with Gasteiger partial charge in [-0.25, -0.2) is 13.1 Å². The van der Waals surface area contributed by atoms with Crippen molar-refractivity contribution in [1.82, 2.24) is 4.72 Å². The van der Waals surface area contributed by atoms with Crippen LogP contribution >= 0.6 is 0 Å². The Morgan fingerprint density at radius 2 is 2.00 bits per heavy atom. The van der Waals surface area contributed by atoms with Crippen LogP contribution in [0.2, 0.25) is 0 Å². The normalized spacial score (nSPS) is 15.6. The second-order valence-corrected chi connectivity index (χ2v) is 7.06. The molecule has 0 unspecified atom stereocenters. The third kappa shape index (κ3) is 6.76. The van der Waals surface area contributed by atoms with Gasteiger partial charge in [-0.1, -0.05) is 6.07 Å². The minimum absolute atomic E-state index is 0.150. The van der Waals surface area contributed by atoms with Crippen molar-refractivity contribution in [3.05, 3.63) is 24.3 Å². The Morgan fingerprint density at radius 1 is 1.26 bits per heavy atom. The monoisotopic (exact) mass is 353 g/mol. The summed E-state index contributed by atoms with van der Waals surface area (Å²) >= 11 is 0. The van der Waals surface area contributed by atoms with Gasteiger partial charge in [-0.05, 0) is 37.3 Å². The lowest BCUT2D eigenvalue weighted by atomic mass is 10.3. The number of benzene rings is 1. The molecule has 0 bridgehead atoms. The molecule has 0 atom stereocenters. The molecule has 1 aliphatic carbocycles. The lowest BCUT2D eigenvalue weighted by Crippen LogP contribution is -2.26. The summed E-state index contributed by atoms with van der Waals surface area (Å²) in [5.74, 6) is 0.0659. The summed E-state index contributed by atoms with van der Waals surface area (Å²) in [7, 11) is -3.88. The van der Waals surface area contributed by atoms with Crippen molar-refractivity contribution >= 4 is 10.0 Å². The van der Waals surface area contributed by atoms with Crippen LogP contribution in [0.15, 0.2) is 29.2 Å². The highest BCUT2D eigenvalue weighted by Gasteiger charge is 2.31. The van der Waals surface area contributed by atoms with Crippen LogP contribution in [0.5, 0.6) is 5.75 Å². The van der Waals surface area contributed by atoms with Crippen molar-refractivity contribution in [2.24, 2.45) is 5.92 Å². The first-order valence-electron chi connectivity index (χ1n) is 7.19. The van der Waals surface area contributed by atoms with Crippen molar-refractivity contribution in [2.75, 3.05) is 19.8 Å². The van der Waals surface area contributed by atoms with E-state index in [9.17, 15) is 21.6 Å². The zero-order valence-corrected chi connectivity index (χ0v) is 13.1. The quantitative estimate of drug-likeness (QED) is 0.693. The number of nitrogens with one attached hydrogen (secondary N) is 1. The first kappa shape index (κ1) is 18.0. The molecule has 1 saturated carbocycles. The van der Waals surface area contributed by atoms with Crippen LogP contribution < -0.4 is 9.46 Å². The summed E-state index contributed by atoms with van der Waals surface area (Å²) in [5.41, 5.74) is 0. The maximum Gasteiger partial charge on any atom is 0.573 e. The fourth-order valence-electron chi connectivity index (χ4n) is 1.84. The SMILES string of the molecule is O=S(=O)(NCCCOCC1CC1)c1cccc(OC(F)(F)F)c1. The number of rotatable bonds is 9. The smallest absolute Gasteiger partial charge is 0.406 e.